The Bertz CT molecular complexity index is 911. The number of methoxy groups -OCH3 is 1. The number of rotatable bonds is 4. The van der Waals surface area contributed by atoms with E-state index in [1.54, 1.807) is 31.4 Å². The maximum Gasteiger partial charge on any atom is 0.257 e. The number of benzene rings is 2. The molecule has 3 rings (SSSR count). The number of ether oxygens (including phenoxy) is 1. The predicted molar refractivity (Wildman–Crippen MR) is 93.2 cm³/mol. The number of thiazole rings is 1. The number of hydrogen-bond donors (Lipinski definition) is 1. The molecule has 0 saturated carbocycles. The van der Waals surface area contributed by atoms with E-state index in [2.05, 4.69) is 10.3 Å². The van der Waals surface area contributed by atoms with Gasteiger partial charge in [-0.05, 0) is 36.4 Å². The second-order valence-electron chi connectivity index (χ2n) is 4.88. The molecule has 1 N–H and O–H groups in total. The summed E-state index contributed by atoms with van der Waals surface area (Å²) in [5.41, 5.74) is 2.60. The minimum Gasteiger partial charge on any atom is -0.496 e. The Morgan fingerprint density at radius 3 is 2.67 bits per heavy atom. The minimum absolute atomic E-state index is 0.264. The molecule has 0 bridgehead atoms. The summed E-state index contributed by atoms with van der Waals surface area (Å²) in [5, 5.41) is 13.9. The zero-order valence-electron chi connectivity index (χ0n) is 12.8. The average molecular weight is 335 g/mol. The van der Waals surface area contributed by atoms with Crippen LogP contribution in [0.1, 0.15) is 15.9 Å². The maximum atomic E-state index is 12.2. The molecule has 0 aliphatic carbocycles. The van der Waals surface area contributed by atoms with Gasteiger partial charge in [-0.25, -0.2) is 4.98 Å². The summed E-state index contributed by atoms with van der Waals surface area (Å²) in [6.07, 6.45) is 0. The minimum atomic E-state index is -0.264. The Morgan fingerprint density at radius 2 is 1.96 bits per heavy atom. The van der Waals surface area contributed by atoms with Crippen molar-refractivity contribution >= 4 is 22.4 Å². The molecule has 3 aromatic rings. The van der Waals surface area contributed by atoms with Gasteiger partial charge in [-0.3, -0.25) is 10.1 Å². The highest BCUT2D eigenvalue weighted by Gasteiger charge is 2.12. The van der Waals surface area contributed by atoms with Crippen LogP contribution in [-0.2, 0) is 0 Å². The highest BCUT2D eigenvalue weighted by molar-refractivity contribution is 7.14. The molecular formula is C18H13N3O2S. The normalized spacial score (nSPS) is 10.0. The van der Waals surface area contributed by atoms with Crippen LogP contribution in [0.5, 0.6) is 5.75 Å². The number of amides is 1. The molecule has 0 atom stereocenters. The Balaban J connectivity index is 1.78. The van der Waals surface area contributed by atoms with Gasteiger partial charge in [0.25, 0.3) is 5.91 Å². The third-order valence-electron chi connectivity index (χ3n) is 3.38. The lowest BCUT2D eigenvalue weighted by Crippen LogP contribution is -2.11. The van der Waals surface area contributed by atoms with Crippen molar-refractivity contribution < 1.29 is 9.53 Å². The van der Waals surface area contributed by atoms with Gasteiger partial charge in [-0.1, -0.05) is 12.1 Å². The topological polar surface area (TPSA) is 75.0 Å². The Labute approximate surface area is 143 Å². The van der Waals surface area contributed by atoms with Gasteiger partial charge >= 0.3 is 0 Å². The SMILES string of the molecule is COc1ccccc1-c1csc(NC(=O)c2ccc(C#N)cc2)n1. The van der Waals surface area contributed by atoms with Gasteiger partial charge in [0.1, 0.15) is 5.75 Å². The molecule has 1 aromatic heterocycles. The van der Waals surface area contributed by atoms with Crippen molar-refractivity contribution in [2.45, 2.75) is 0 Å². The van der Waals surface area contributed by atoms with Crippen LogP contribution in [0.15, 0.2) is 53.9 Å². The zero-order chi connectivity index (χ0) is 16.9. The van der Waals surface area contributed by atoms with Gasteiger partial charge in [0.2, 0.25) is 0 Å². The fourth-order valence-corrected chi connectivity index (χ4v) is 2.88. The molecule has 2 aromatic carbocycles. The molecule has 0 unspecified atom stereocenters. The van der Waals surface area contributed by atoms with Crippen LogP contribution >= 0.6 is 11.3 Å². The Morgan fingerprint density at radius 1 is 1.21 bits per heavy atom. The van der Waals surface area contributed by atoms with Crippen LogP contribution in [0.3, 0.4) is 0 Å². The number of carbonyl (C=O) groups is 1. The average Bonchev–Trinajstić information content (AvgIpc) is 3.10. The number of anilines is 1. The van der Waals surface area contributed by atoms with Gasteiger partial charge in [0.05, 0.1) is 24.4 Å². The largest absolute Gasteiger partial charge is 0.496 e. The zero-order valence-corrected chi connectivity index (χ0v) is 13.6. The number of nitriles is 1. The molecule has 1 amide bonds. The summed E-state index contributed by atoms with van der Waals surface area (Å²) in [5.74, 6) is 0.466. The van der Waals surface area contributed by atoms with E-state index >= 15 is 0 Å². The summed E-state index contributed by atoms with van der Waals surface area (Å²) in [4.78, 5) is 16.7. The van der Waals surface area contributed by atoms with Crippen molar-refractivity contribution in [2.75, 3.05) is 12.4 Å². The molecule has 5 nitrogen and oxygen atoms in total. The fourth-order valence-electron chi connectivity index (χ4n) is 2.18. The Hall–Kier alpha value is -3.17. The molecule has 0 aliphatic heterocycles. The first-order valence-corrected chi connectivity index (χ1v) is 7.99. The maximum absolute atomic E-state index is 12.2. The predicted octanol–water partition coefficient (Wildman–Crippen LogP) is 3.94. The number of carbonyl (C=O) groups excluding carboxylic acids is 1. The molecule has 0 radical (unpaired) electrons. The lowest BCUT2D eigenvalue weighted by atomic mass is 10.1. The smallest absolute Gasteiger partial charge is 0.257 e. The molecule has 24 heavy (non-hydrogen) atoms. The highest BCUT2D eigenvalue weighted by Crippen LogP contribution is 2.31. The van der Waals surface area contributed by atoms with Crippen LogP contribution in [0, 0.1) is 11.3 Å². The van der Waals surface area contributed by atoms with Crippen molar-refractivity contribution in [3.05, 3.63) is 65.0 Å². The van der Waals surface area contributed by atoms with Gasteiger partial charge in [-0.15, -0.1) is 11.3 Å². The summed E-state index contributed by atoms with van der Waals surface area (Å²) < 4.78 is 5.33. The van der Waals surface area contributed by atoms with Gasteiger partial charge in [0, 0.05) is 16.5 Å². The van der Waals surface area contributed by atoms with E-state index in [0.717, 1.165) is 17.0 Å². The van der Waals surface area contributed by atoms with Crippen LogP contribution < -0.4 is 10.1 Å². The van der Waals surface area contributed by atoms with Crippen molar-refractivity contribution in [1.29, 1.82) is 5.26 Å². The third-order valence-corrected chi connectivity index (χ3v) is 4.14. The third kappa shape index (κ3) is 3.26. The molecule has 0 spiro atoms. The summed E-state index contributed by atoms with van der Waals surface area (Å²) in [7, 11) is 1.61. The summed E-state index contributed by atoms with van der Waals surface area (Å²) >= 11 is 1.34. The van der Waals surface area contributed by atoms with Crippen molar-refractivity contribution in [1.82, 2.24) is 4.98 Å². The van der Waals surface area contributed by atoms with Crippen molar-refractivity contribution in [2.24, 2.45) is 0 Å². The molecule has 1 heterocycles. The van der Waals surface area contributed by atoms with Crippen LogP contribution in [-0.4, -0.2) is 18.0 Å². The fraction of sp³-hybridized carbons (Fsp3) is 0.0556. The first-order chi connectivity index (χ1) is 11.7. The summed E-state index contributed by atoms with van der Waals surface area (Å²) in [6, 6.07) is 16.0. The molecule has 118 valence electrons. The second-order valence-corrected chi connectivity index (χ2v) is 5.74. The second kappa shape index (κ2) is 6.94. The molecule has 0 saturated heterocycles. The number of para-hydroxylation sites is 1. The van der Waals surface area contributed by atoms with Crippen LogP contribution in [0.25, 0.3) is 11.3 Å². The van der Waals surface area contributed by atoms with Crippen LogP contribution in [0.4, 0.5) is 5.13 Å². The standard InChI is InChI=1S/C18H13N3O2S/c1-23-16-5-3-2-4-14(16)15-11-24-18(20-15)21-17(22)13-8-6-12(10-19)7-9-13/h2-9,11H,1H3,(H,20,21,22). The van der Waals surface area contributed by atoms with E-state index in [4.69, 9.17) is 10.00 Å². The number of nitrogens with zero attached hydrogens (tertiary/aromatic N) is 2. The van der Waals surface area contributed by atoms with Gasteiger partial charge in [0.15, 0.2) is 5.13 Å². The van der Waals surface area contributed by atoms with Gasteiger partial charge in [-0.2, -0.15) is 5.26 Å². The lowest BCUT2D eigenvalue weighted by Gasteiger charge is -2.05. The quantitative estimate of drug-likeness (QED) is 0.783. The molecular weight excluding hydrogens is 322 g/mol. The van der Waals surface area contributed by atoms with Gasteiger partial charge < -0.3 is 4.74 Å². The molecule has 0 fully saturated rings. The molecule has 0 aliphatic rings. The number of nitrogens with one attached hydrogen (secondary N) is 1. The lowest BCUT2D eigenvalue weighted by molar-refractivity contribution is 0.102. The first kappa shape index (κ1) is 15.7. The number of aromatic nitrogens is 1. The molecule has 6 heteroatoms. The van der Waals surface area contributed by atoms with E-state index in [1.165, 1.54) is 11.3 Å². The van der Waals surface area contributed by atoms with E-state index in [9.17, 15) is 4.79 Å². The van der Waals surface area contributed by atoms with E-state index in [0.29, 0.717) is 16.3 Å². The van der Waals surface area contributed by atoms with E-state index in [-0.39, 0.29) is 5.91 Å². The first-order valence-electron chi connectivity index (χ1n) is 7.11. The monoisotopic (exact) mass is 335 g/mol. The number of hydrogen-bond acceptors (Lipinski definition) is 5. The Kier molecular flexibility index (Phi) is 4.54. The highest BCUT2D eigenvalue weighted by atomic mass is 32.1. The van der Waals surface area contributed by atoms with Crippen molar-refractivity contribution in [3.8, 4) is 23.1 Å². The van der Waals surface area contributed by atoms with E-state index in [1.807, 2.05) is 35.7 Å². The van der Waals surface area contributed by atoms with E-state index < -0.39 is 0 Å². The summed E-state index contributed by atoms with van der Waals surface area (Å²) in [6.45, 7) is 0. The van der Waals surface area contributed by atoms with Crippen molar-refractivity contribution in [3.63, 3.8) is 0 Å². The van der Waals surface area contributed by atoms with Crippen LogP contribution in [0.2, 0.25) is 0 Å².